The van der Waals surface area contributed by atoms with Crippen molar-refractivity contribution in [2.75, 3.05) is 7.11 Å². The molecule has 0 aliphatic carbocycles. The highest BCUT2D eigenvalue weighted by molar-refractivity contribution is 6.32. The van der Waals surface area contributed by atoms with Crippen molar-refractivity contribution in [3.8, 4) is 5.75 Å². The van der Waals surface area contributed by atoms with Gasteiger partial charge in [0.05, 0.1) is 7.11 Å². The zero-order valence-corrected chi connectivity index (χ0v) is 12.4. The van der Waals surface area contributed by atoms with Crippen molar-refractivity contribution >= 4 is 11.6 Å². The van der Waals surface area contributed by atoms with Crippen molar-refractivity contribution in [2.24, 2.45) is 0 Å². The highest BCUT2D eigenvalue weighted by atomic mass is 35.5. The molecule has 2 aromatic carbocycles. The summed E-state index contributed by atoms with van der Waals surface area (Å²) < 4.78 is 5.39. The Morgan fingerprint density at radius 3 is 2.37 bits per heavy atom. The number of hydrogen-bond donors (Lipinski definition) is 0. The number of halogens is 1. The summed E-state index contributed by atoms with van der Waals surface area (Å²) >= 11 is 6.51. The summed E-state index contributed by atoms with van der Waals surface area (Å²) in [5.41, 5.74) is 3.51. The molecule has 0 heterocycles. The summed E-state index contributed by atoms with van der Waals surface area (Å²) in [5.74, 6) is 1.35. The lowest BCUT2D eigenvalue weighted by atomic mass is 9.97. The molecule has 2 rings (SSSR count). The number of hydrogen-bond acceptors (Lipinski definition) is 1. The molecule has 0 bridgehead atoms. The molecule has 2 heteroatoms. The second-order valence-electron chi connectivity index (χ2n) is 4.96. The minimum absolute atomic E-state index is 0.435. The van der Waals surface area contributed by atoms with Gasteiger partial charge in [0.25, 0.3) is 0 Å². The van der Waals surface area contributed by atoms with E-state index < -0.39 is 0 Å². The lowest BCUT2D eigenvalue weighted by Gasteiger charge is -2.13. The highest BCUT2D eigenvalue weighted by Gasteiger charge is 2.11. The first-order chi connectivity index (χ1) is 9.13. The van der Waals surface area contributed by atoms with Gasteiger partial charge in [-0.15, -0.1) is 0 Å². The molecule has 2 aromatic rings. The molecule has 0 aromatic heterocycles. The average molecular weight is 275 g/mol. The molecular weight excluding hydrogens is 256 g/mol. The quantitative estimate of drug-likeness (QED) is 0.757. The van der Waals surface area contributed by atoms with Crippen molar-refractivity contribution < 1.29 is 4.74 Å². The topological polar surface area (TPSA) is 9.23 Å². The minimum Gasteiger partial charge on any atom is -0.496 e. The van der Waals surface area contributed by atoms with Crippen LogP contribution in [0.1, 0.15) is 36.5 Å². The van der Waals surface area contributed by atoms with E-state index in [2.05, 4.69) is 38.1 Å². The molecule has 0 unspecified atom stereocenters. The first kappa shape index (κ1) is 14.0. The molecule has 0 saturated carbocycles. The van der Waals surface area contributed by atoms with E-state index in [-0.39, 0.29) is 0 Å². The number of benzene rings is 2. The maximum atomic E-state index is 6.51. The van der Waals surface area contributed by atoms with Crippen LogP contribution in [0.25, 0.3) is 0 Å². The highest BCUT2D eigenvalue weighted by Crippen LogP contribution is 2.30. The fraction of sp³-hybridized carbons (Fsp3) is 0.294. The van der Waals surface area contributed by atoms with Gasteiger partial charge in [0.1, 0.15) is 5.75 Å². The Morgan fingerprint density at radius 1 is 1.00 bits per heavy atom. The maximum absolute atomic E-state index is 6.51. The van der Waals surface area contributed by atoms with Crippen LogP contribution in [0, 0.1) is 0 Å². The fourth-order valence-corrected chi connectivity index (χ4v) is 2.65. The Hall–Kier alpha value is -1.47. The minimum atomic E-state index is 0.435. The van der Waals surface area contributed by atoms with E-state index in [1.165, 1.54) is 5.56 Å². The third-order valence-corrected chi connectivity index (χ3v) is 3.76. The zero-order chi connectivity index (χ0) is 13.8. The second kappa shape index (κ2) is 6.12. The van der Waals surface area contributed by atoms with Crippen LogP contribution in [0.15, 0.2) is 42.5 Å². The van der Waals surface area contributed by atoms with Crippen LogP contribution in [-0.4, -0.2) is 7.11 Å². The van der Waals surface area contributed by atoms with Crippen molar-refractivity contribution in [1.29, 1.82) is 0 Å². The average Bonchev–Trinajstić information content (AvgIpc) is 2.41. The van der Waals surface area contributed by atoms with Crippen molar-refractivity contribution in [3.05, 3.63) is 64.2 Å². The molecule has 100 valence electrons. The van der Waals surface area contributed by atoms with Gasteiger partial charge in [0.15, 0.2) is 0 Å². The lowest BCUT2D eigenvalue weighted by Crippen LogP contribution is -1.97. The summed E-state index contributed by atoms with van der Waals surface area (Å²) in [6, 6.07) is 14.3. The molecule has 0 aliphatic heterocycles. The van der Waals surface area contributed by atoms with Gasteiger partial charge < -0.3 is 4.74 Å². The molecule has 0 spiro atoms. The third kappa shape index (κ3) is 3.10. The Balaban J connectivity index is 2.36. The van der Waals surface area contributed by atoms with E-state index in [1.54, 1.807) is 7.11 Å². The molecule has 1 nitrogen and oxygen atoms in total. The van der Waals surface area contributed by atoms with Gasteiger partial charge in [-0.05, 0) is 28.7 Å². The molecule has 19 heavy (non-hydrogen) atoms. The van der Waals surface area contributed by atoms with Crippen LogP contribution < -0.4 is 4.74 Å². The third-order valence-electron chi connectivity index (χ3n) is 3.30. The second-order valence-corrected chi connectivity index (χ2v) is 5.34. The van der Waals surface area contributed by atoms with Gasteiger partial charge in [-0.1, -0.05) is 61.8 Å². The van der Waals surface area contributed by atoms with Gasteiger partial charge in [-0.2, -0.15) is 0 Å². The van der Waals surface area contributed by atoms with Crippen molar-refractivity contribution in [2.45, 2.75) is 26.2 Å². The molecular formula is C17H19ClO. The predicted octanol–water partition coefficient (Wildman–Crippen LogP) is 5.06. The zero-order valence-electron chi connectivity index (χ0n) is 11.6. The van der Waals surface area contributed by atoms with Crippen LogP contribution >= 0.6 is 11.6 Å². The first-order valence-electron chi connectivity index (χ1n) is 6.52. The van der Waals surface area contributed by atoms with Crippen LogP contribution in [-0.2, 0) is 6.42 Å². The summed E-state index contributed by atoms with van der Waals surface area (Å²) in [4.78, 5) is 0. The summed E-state index contributed by atoms with van der Waals surface area (Å²) in [5, 5.41) is 0.878. The van der Waals surface area contributed by atoms with E-state index in [9.17, 15) is 0 Å². The maximum Gasteiger partial charge on any atom is 0.122 e. The Bertz CT molecular complexity index is 561. The Kier molecular flexibility index (Phi) is 4.49. The summed E-state index contributed by atoms with van der Waals surface area (Å²) in [7, 11) is 1.70. The first-order valence-corrected chi connectivity index (χ1v) is 6.90. The molecule has 0 N–H and O–H groups in total. The van der Waals surface area contributed by atoms with Gasteiger partial charge in [0, 0.05) is 11.4 Å². The monoisotopic (exact) mass is 274 g/mol. The van der Waals surface area contributed by atoms with Gasteiger partial charge in [0.2, 0.25) is 0 Å². The summed E-state index contributed by atoms with van der Waals surface area (Å²) in [6.07, 6.45) is 0.795. The van der Waals surface area contributed by atoms with E-state index in [1.807, 2.05) is 18.2 Å². The number of methoxy groups -OCH3 is 1. The molecule has 0 radical (unpaired) electrons. The van der Waals surface area contributed by atoms with E-state index in [4.69, 9.17) is 16.3 Å². The van der Waals surface area contributed by atoms with Gasteiger partial charge in [-0.25, -0.2) is 0 Å². The van der Waals surface area contributed by atoms with E-state index in [0.29, 0.717) is 5.92 Å². The smallest absolute Gasteiger partial charge is 0.122 e. The van der Waals surface area contributed by atoms with Gasteiger partial charge >= 0.3 is 0 Å². The van der Waals surface area contributed by atoms with E-state index >= 15 is 0 Å². The predicted molar refractivity (Wildman–Crippen MR) is 81.3 cm³/mol. The molecule has 0 aliphatic rings. The van der Waals surface area contributed by atoms with Gasteiger partial charge in [-0.3, -0.25) is 0 Å². The number of rotatable bonds is 4. The van der Waals surface area contributed by atoms with Crippen LogP contribution in [0.3, 0.4) is 0 Å². The molecule has 0 fully saturated rings. The van der Waals surface area contributed by atoms with E-state index in [0.717, 1.165) is 28.3 Å². The lowest BCUT2D eigenvalue weighted by molar-refractivity contribution is 0.410. The fourth-order valence-electron chi connectivity index (χ4n) is 2.24. The molecule has 0 atom stereocenters. The standard InChI is InChI=1S/C17H19ClO/c1-12(2)15-9-6-8-14(17(15)18)11-13-7-4-5-10-16(13)19-3/h4-10,12H,11H2,1-3H3. The Labute approximate surface area is 120 Å². The van der Waals surface area contributed by atoms with Crippen molar-refractivity contribution in [1.82, 2.24) is 0 Å². The van der Waals surface area contributed by atoms with Crippen LogP contribution in [0.2, 0.25) is 5.02 Å². The number of para-hydroxylation sites is 1. The Morgan fingerprint density at radius 2 is 1.68 bits per heavy atom. The van der Waals surface area contributed by atoms with Crippen molar-refractivity contribution in [3.63, 3.8) is 0 Å². The van der Waals surface area contributed by atoms with Crippen LogP contribution in [0.5, 0.6) is 5.75 Å². The normalized spacial score (nSPS) is 10.8. The SMILES string of the molecule is COc1ccccc1Cc1cccc(C(C)C)c1Cl. The summed E-state index contributed by atoms with van der Waals surface area (Å²) in [6.45, 7) is 4.32. The molecule has 0 amide bonds. The number of ether oxygens (including phenoxy) is 1. The largest absolute Gasteiger partial charge is 0.496 e. The van der Waals surface area contributed by atoms with Crippen LogP contribution in [0.4, 0.5) is 0 Å². The molecule has 0 saturated heterocycles.